The molecule has 106 valence electrons. The minimum Gasteiger partial charge on any atom is -0.293 e. The highest BCUT2D eigenvalue weighted by Gasteiger charge is 2.21. The van der Waals surface area contributed by atoms with E-state index in [1.54, 1.807) is 11.3 Å². The summed E-state index contributed by atoms with van der Waals surface area (Å²) in [5, 5.41) is 4.45. The van der Waals surface area contributed by atoms with Gasteiger partial charge >= 0.3 is 0 Å². The lowest BCUT2D eigenvalue weighted by Crippen LogP contribution is -2.09. The highest BCUT2D eigenvalue weighted by molar-refractivity contribution is 9.10. The number of carbonyl (C=O) groups is 1. The van der Waals surface area contributed by atoms with Crippen molar-refractivity contribution in [1.29, 1.82) is 0 Å². The minimum atomic E-state index is 0.208. The number of aromatic nitrogens is 2. The quantitative estimate of drug-likeness (QED) is 0.780. The molecule has 0 N–H and O–H groups in total. The number of ketones is 1. The Bertz CT molecular complexity index is 650. The molecule has 1 aliphatic rings. The lowest BCUT2D eigenvalue weighted by atomic mass is 10.1. The van der Waals surface area contributed by atoms with E-state index >= 15 is 0 Å². The Labute approximate surface area is 131 Å². The Balaban J connectivity index is 1.85. The normalized spacial score (nSPS) is 13.8. The predicted octanol–water partition coefficient (Wildman–Crippen LogP) is 3.95. The van der Waals surface area contributed by atoms with Crippen LogP contribution < -0.4 is 0 Å². The number of fused-ring (bicyclic) bond motifs is 1. The molecule has 0 aromatic carbocycles. The zero-order chi connectivity index (χ0) is 14.3. The highest BCUT2D eigenvalue weighted by atomic mass is 79.9. The molecule has 0 amide bonds. The van der Waals surface area contributed by atoms with Gasteiger partial charge in [-0.25, -0.2) is 0 Å². The molecule has 0 fully saturated rings. The fourth-order valence-electron chi connectivity index (χ4n) is 2.74. The van der Waals surface area contributed by atoms with Gasteiger partial charge in [-0.05, 0) is 60.7 Å². The number of rotatable bonds is 4. The third-order valence-corrected chi connectivity index (χ3v) is 6.11. The van der Waals surface area contributed by atoms with E-state index in [0.29, 0.717) is 6.42 Å². The second kappa shape index (κ2) is 5.45. The van der Waals surface area contributed by atoms with Gasteiger partial charge in [0, 0.05) is 11.4 Å². The number of hydrogen-bond acceptors (Lipinski definition) is 3. The van der Waals surface area contributed by atoms with Gasteiger partial charge in [0.15, 0.2) is 5.78 Å². The Morgan fingerprint density at radius 2 is 2.30 bits per heavy atom. The molecule has 0 atom stereocenters. The van der Waals surface area contributed by atoms with Crippen LogP contribution in [0.1, 0.15) is 44.8 Å². The van der Waals surface area contributed by atoms with Crippen molar-refractivity contribution in [2.45, 2.75) is 46.1 Å². The molecule has 0 unspecified atom stereocenters. The van der Waals surface area contributed by atoms with Gasteiger partial charge < -0.3 is 0 Å². The smallest absolute Gasteiger partial charge is 0.178 e. The SMILES string of the molecule is CCn1nc(C)c(Br)c1CC(=O)c1cc2c(s1)CCC2. The zero-order valence-electron chi connectivity index (χ0n) is 11.7. The Morgan fingerprint density at radius 1 is 1.50 bits per heavy atom. The predicted molar refractivity (Wildman–Crippen MR) is 84.7 cm³/mol. The van der Waals surface area contributed by atoms with Gasteiger partial charge in [-0.3, -0.25) is 9.48 Å². The van der Waals surface area contributed by atoms with Crippen LogP contribution in [0, 0.1) is 6.92 Å². The third kappa shape index (κ3) is 2.37. The fourth-order valence-corrected chi connectivity index (χ4v) is 4.36. The van der Waals surface area contributed by atoms with Crippen LogP contribution in [0.2, 0.25) is 0 Å². The molecule has 0 aliphatic heterocycles. The number of nitrogens with zero attached hydrogens (tertiary/aromatic N) is 2. The molecule has 3 rings (SSSR count). The Morgan fingerprint density at radius 3 is 3.00 bits per heavy atom. The number of carbonyl (C=O) groups excluding carboxylic acids is 1. The summed E-state index contributed by atoms with van der Waals surface area (Å²) >= 11 is 5.24. The molecule has 20 heavy (non-hydrogen) atoms. The summed E-state index contributed by atoms with van der Waals surface area (Å²) in [5.41, 5.74) is 3.32. The summed E-state index contributed by atoms with van der Waals surface area (Å²) in [6.07, 6.45) is 3.94. The van der Waals surface area contributed by atoms with E-state index < -0.39 is 0 Å². The molecule has 3 nitrogen and oxygen atoms in total. The zero-order valence-corrected chi connectivity index (χ0v) is 14.1. The summed E-state index contributed by atoms with van der Waals surface area (Å²) in [6, 6.07) is 2.10. The maximum absolute atomic E-state index is 12.5. The van der Waals surface area contributed by atoms with Gasteiger partial charge in [-0.15, -0.1) is 11.3 Å². The van der Waals surface area contributed by atoms with Crippen molar-refractivity contribution in [1.82, 2.24) is 9.78 Å². The van der Waals surface area contributed by atoms with Crippen molar-refractivity contribution in [3.8, 4) is 0 Å². The molecule has 5 heteroatoms. The first-order chi connectivity index (χ1) is 9.60. The number of aryl methyl sites for hydroxylation is 4. The van der Waals surface area contributed by atoms with E-state index in [2.05, 4.69) is 27.1 Å². The van der Waals surface area contributed by atoms with Crippen LogP contribution in [0.15, 0.2) is 10.5 Å². The second-order valence-corrected chi connectivity index (χ2v) is 7.10. The summed E-state index contributed by atoms with van der Waals surface area (Å²) in [4.78, 5) is 14.8. The maximum Gasteiger partial charge on any atom is 0.178 e. The lowest BCUT2D eigenvalue weighted by molar-refractivity contribution is 0.0994. The Kier molecular flexibility index (Phi) is 3.82. The van der Waals surface area contributed by atoms with Crippen LogP contribution in [0.5, 0.6) is 0 Å². The van der Waals surface area contributed by atoms with E-state index in [0.717, 1.165) is 40.1 Å². The van der Waals surface area contributed by atoms with Gasteiger partial charge in [-0.2, -0.15) is 5.10 Å². The van der Waals surface area contributed by atoms with Crippen molar-refractivity contribution in [2.75, 3.05) is 0 Å². The van der Waals surface area contributed by atoms with Gasteiger partial charge in [0.2, 0.25) is 0 Å². The van der Waals surface area contributed by atoms with Crippen LogP contribution in [0.4, 0.5) is 0 Å². The first kappa shape index (κ1) is 14.0. The molecule has 2 heterocycles. The van der Waals surface area contributed by atoms with Gasteiger partial charge in [0.25, 0.3) is 0 Å². The van der Waals surface area contributed by atoms with Crippen LogP contribution >= 0.6 is 27.3 Å². The largest absolute Gasteiger partial charge is 0.293 e. The monoisotopic (exact) mass is 352 g/mol. The standard InChI is InChI=1S/C15H17BrN2OS/c1-3-18-11(15(16)9(2)17-18)8-12(19)14-7-10-5-4-6-13(10)20-14/h7H,3-6,8H2,1-2H3. The molecule has 1 aliphatic carbocycles. The number of Topliss-reactive ketones (excluding diaryl/α,β-unsaturated/α-hetero) is 1. The third-order valence-electron chi connectivity index (χ3n) is 3.80. The van der Waals surface area contributed by atoms with E-state index in [9.17, 15) is 4.79 Å². The summed E-state index contributed by atoms with van der Waals surface area (Å²) in [5.74, 6) is 0.208. The van der Waals surface area contributed by atoms with Crippen LogP contribution in [0.25, 0.3) is 0 Å². The summed E-state index contributed by atoms with van der Waals surface area (Å²) < 4.78 is 2.88. The molecule has 0 saturated heterocycles. The van der Waals surface area contributed by atoms with E-state index in [1.165, 1.54) is 16.9 Å². The van der Waals surface area contributed by atoms with Gasteiger partial charge in [-0.1, -0.05) is 0 Å². The molecule has 0 radical (unpaired) electrons. The average molecular weight is 353 g/mol. The first-order valence-electron chi connectivity index (χ1n) is 6.96. The molecule has 2 aromatic rings. The van der Waals surface area contributed by atoms with E-state index in [-0.39, 0.29) is 5.78 Å². The number of halogens is 1. The topological polar surface area (TPSA) is 34.9 Å². The molecule has 0 saturated carbocycles. The van der Waals surface area contributed by atoms with Crippen molar-refractivity contribution in [3.05, 3.63) is 37.2 Å². The summed E-state index contributed by atoms with van der Waals surface area (Å²) in [6.45, 7) is 4.80. The van der Waals surface area contributed by atoms with E-state index in [1.807, 2.05) is 18.5 Å². The van der Waals surface area contributed by atoms with Crippen molar-refractivity contribution >= 4 is 33.0 Å². The Hall–Kier alpha value is -0.940. The average Bonchev–Trinajstić information content (AvgIpc) is 3.07. The van der Waals surface area contributed by atoms with E-state index in [4.69, 9.17) is 0 Å². The number of thiophene rings is 1. The number of hydrogen-bond donors (Lipinski definition) is 0. The summed E-state index contributed by atoms with van der Waals surface area (Å²) in [7, 11) is 0. The van der Waals surface area contributed by atoms with Crippen molar-refractivity contribution < 1.29 is 4.79 Å². The van der Waals surface area contributed by atoms with Gasteiger partial charge in [0.05, 0.1) is 27.2 Å². The molecule has 2 aromatic heterocycles. The lowest BCUT2D eigenvalue weighted by Gasteiger charge is -2.04. The minimum absolute atomic E-state index is 0.208. The van der Waals surface area contributed by atoms with Crippen molar-refractivity contribution in [2.24, 2.45) is 0 Å². The fraction of sp³-hybridized carbons (Fsp3) is 0.467. The highest BCUT2D eigenvalue weighted by Crippen LogP contribution is 2.32. The maximum atomic E-state index is 12.5. The molecular formula is C15H17BrN2OS. The van der Waals surface area contributed by atoms with Crippen LogP contribution in [-0.4, -0.2) is 15.6 Å². The van der Waals surface area contributed by atoms with Crippen molar-refractivity contribution in [3.63, 3.8) is 0 Å². The first-order valence-corrected chi connectivity index (χ1v) is 8.57. The van der Waals surface area contributed by atoms with Crippen LogP contribution in [0.3, 0.4) is 0 Å². The molecule has 0 spiro atoms. The molecule has 0 bridgehead atoms. The second-order valence-electron chi connectivity index (χ2n) is 5.17. The van der Waals surface area contributed by atoms with Gasteiger partial charge in [0.1, 0.15) is 0 Å². The van der Waals surface area contributed by atoms with Crippen LogP contribution in [-0.2, 0) is 25.8 Å². The molecular weight excluding hydrogens is 336 g/mol.